The Kier molecular flexibility index (Phi) is 4.12. The molecule has 2 rings (SSSR count). The Morgan fingerprint density at radius 3 is 2.61 bits per heavy atom. The molecule has 18 heavy (non-hydrogen) atoms. The molecule has 0 saturated carbocycles. The zero-order chi connectivity index (χ0) is 13.1. The second-order valence-electron chi connectivity index (χ2n) is 5.26. The third-order valence-electron chi connectivity index (χ3n) is 3.97. The van der Waals surface area contributed by atoms with Crippen LogP contribution in [0.5, 0.6) is 11.5 Å². The van der Waals surface area contributed by atoms with Gasteiger partial charge in [0.1, 0.15) is 0 Å². The first-order valence-corrected chi connectivity index (χ1v) is 6.70. The lowest BCUT2D eigenvalue weighted by Crippen LogP contribution is -2.28. The Hall–Kier alpha value is -1.22. The van der Waals surface area contributed by atoms with Crippen molar-refractivity contribution in [3.8, 4) is 11.5 Å². The molecule has 1 saturated heterocycles. The van der Waals surface area contributed by atoms with E-state index in [0.717, 1.165) is 36.6 Å². The molecule has 0 spiro atoms. The minimum absolute atomic E-state index is 0.282. The van der Waals surface area contributed by atoms with E-state index in [1.54, 1.807) is 7.11 Å². The van der Waals surface area contributed by atoms with E-state index < -0.39 is 0 Å². The molecule has 1 aromatic carbocycles. The van der Waals surface area contributed by atoms with E-state index in [-0.39, 0.29) is 5.75 Å². The monoisotopic (exact) mass is 249 g/mol. The van der Waals surface area contributed by atoms with Crippen LogP contribution in [0.4, 0.5) is 0 Å². The minimum atomic E-state index is 0.282. The van der Waals surface area contributed by atoms with E-state index in [9.17, 15) is 5.11 Å². The van der Waals surface area contributed by atoms with Crippen LogP contribution in [0.1, 0.15) is 29.5 Å². The maximum absolute atomic E-state index is 9.97. The van der Waals surface area contributed by atoms with Gasteiger partial charge in [-0.15, -0.1) is 0 Å². The van der Waals surface area contributed by atoms with Crippen LogP contribution in [0.3, 0.4) is 0 Å². The fourth-order valence-electron chi connectivity index (χ4n) is 2.80. The lowest BCUT2D eigenvalue weighted by molar-refractivity contribution is 0.360. The normalized spacial score (nSPS) is 16.8. The standard InChI is InChI=1S/C15H23NO2/c1-10-8-13(9-12-4-6-16-7-5-12)11(2)15(18-3)14(10)17/h8,12,16-17H,4-7,9H2,1-3H3. The van der Waals surface area contributed by atoms with E-state index >= 15 is 0 Å². The first-order valence-electron chi connectivity index (χ1n) is 6.70. The van der Waals surface area contributed by atoms with Gasteiger partial charge in [0, 0.05) is 0 Å². The molecule has 0 atom stereocenters. The fraction of sp³-hybridized carbons (Fsp3) is 0.600. The van der Waals surface area contributed by atoms with E-state index in [1.165, 1.54) is 18.4 Å². The van der Waals surface area contributed by atoms with Gasteiger partial charge >= 0.3 is 0 Å². The number of phenolic OH excluding ortho intramolecular Hbond substituents is 1. The van der Waals surface area contributed by atoms with E-state index in [4.69, 9.17) is 4.74 Å². The molecule has 3 nitrogen and oxygen atoms in total. The van der Waals surface area contributed by atoms with Crippen molar-refractivity contribution in [2.24, 2.45) is 5.92 Å². The van der Waals surface area contributed by atoms with Crippen LogP contribution in [-0.2, 0) is 6.42 Å². The molecule has 3 heteroatoms. The van der Waals surface area contributed by atoms with Gasteiger partial charge in [-0.25, -0.2) is 0 Å². The van der Waals surface area contributed by atoms with Crippen LogP contribution in [-0.4, -0.2) is 25.3 Å². The fourth-order valence-corrected chi connectivity index (χ4v) is 2.80. The molecule has 1 heterocycles. The maximum Gasteiger partial charge on any atom is 0.163 e. The number of benzene rings is 1. The third kappa shape index (κ3) is 2.61. The molecule has 0 aromatic heterocycles. The average Bonchev–Trinajstić information content (AvgIpc) is 2.38. The number of aryl methyl sites for hydroxylation is 1. The Morgan fingerprint density at radius 2 is 2.00 bits per heavy atom. The van der Waals surface area contributed by atoms with Crippen molar-refractivity contribution < 1.29 is 9.84 Å². The number of aromatic hydroxyl groups is 1. The molecule has 0 aliphatic carbocycles. The van der Waals surface area contributed by atoms with Crippen molar-refractivity contribution in [3.05, 3.63) is 22.8 Å². The van der Waals surface area contributed by atoms with Crippen molar-refractivity contribution >= 4 is 0 Å². The number of rotatable bonds is 3. The number of hydrogen-bond donors (Lipinski definition) is 2. The van der Waals surface area contributed by atoms with E-state index in [2.05, 4.69) is 11.4 Å². The molecule has 2 N–H and O–H groups in total. The van der Waals surface area contributed by atoms with Crippen LogP contribution in [0, 0.1) is 19.8 Å². The van der Waals surface area contributed by atoms with Crippen molar-refractivity contribution in [2.75, 3.05) is 20.2 Å². The van der Waals surface area contributed by atoms with Gasteiger partial charge in [0.2, 0.25) is 0 Å². The number of ether oxygens (including phenoxy) is 1. The van der Waals surface area contributed by atoms with Crippen LogP contribution in [0.2, 0.25) is 0 Å². The molecule has 1 aliphatic heterocycles. The molecular formula is C15H23NO2. The van der Waals surface area contributed by atoms with E-state index in [1.807, 2.05) is 13.8 Å². The molecule has 0 bridgehead atoms. The van der Waals surface area contributed by atoms with Crippen molar-refractivity contribution in [2.45, 2.75) is 33.1 Å². The Labute approximate surface area is 109 Å². The zero-order valence-electron chi connectivity index (χ0n) is 11.5. The Bertz CT molecular complexity index is 423. The smallest absolute Gasteiger partial charge is 0.163 e. The Morgan fingerprint density at radius 1 is 1.33 bits per heavy atom. The lowest BCUT2D eigenvalue weighted by atomic mass is 9.88. The molecule has 1 aliphatic rings. The van der Waals surface area contributed by atoms with Crippen molar-refractivity contribution in [1.29, 1.82) is 0 Å². The predicted molar refractivity (Wildman–Crippen MR) is 73.4 cm³/mol. The molecule has 1 aromatic rings. The highest BCUT2D eigenvalue weighted by Crippen LogP contribution is 2.36. The number of methoxy groups -OCH3 is 1. The molecule has 0 unspecified atom stereocenters. The summed E-state index contributed by atoms with van der Waals surface area (Å²) in [4.78, 5) is 0. The van der Waals surface area contributed by atoms with E-state index in [0.29, 0.717) is 5.75 Å². The topological polar surface area (TPSA) is 41.5 Å². The van der Waals surface area contributed by atoms with Crippen LogP contribution in [0.15, 0.2) is 6.07 Å². The largest absolute Gasteiger partial charge is 0.504 e. The molecule has 1 fully saturated rings. The molecule has 0 amide bonds. The SMILES string of the molecule is COc1c(C)c(CC2CCNCC2)cc(C)c1O. The van der Waals surface area contributed by atoms with Crippen molar-refractivity contribution in [3.63, 3.8) is 0 Å². The predicted octanol–water partition coefficient (Wildman–Crippen LogP) is 2.56. The van der Waals surface area contributed by atoms with Gasteiger partial charge in [-0.2, -0.15) is 0 Å². The number of phenols is 1. The van der Waals surface area contributed by atoms with Gasteiger partial charge < -0.3 is 15.2 Å². The summed E-state index contributed by atoms with van der Waals surface area (Å²) in [5.74, 6) is 1.67. The summed E-state index contributed by atoms with van der Waals surface area (Å²) >= 11 is 0. The molecule has 0 radical (unpaired) electrons. The summed E-state index contributed by atoms with van der Waals surface area (Å²) in [6.45, 7) is 6.22. The minimum Gasteiger partial charge on any atom is -0.504 e. The first-order chi connectivity index (χ1) is 8.63. The first kappa shape index (κ1) is 13.2. The molecular weight excluding hydrogens is 226 g/mol. The number of hydrogen-bond acceptors (Lipinski definition) is 3. The maximum atomic E-state index is 9.97. The quantitative estimate of drug-likeness (QED) is 0.865. The number of nitrogens with one attached hydrogen (secondary N) is 1. The van der Waals surface area contributed by atoms with Gasteiger partial charge in [-0.1, -0.05) is 6.07 Å². The average molecular weight is 249 g/mol. The highest BCUT2D eigenvalue weighted by atomic mass is 16.5. The van der Waals surface area contributed by atoms with Crippen molar-refractivity contribution in [1.82, 2.24) is 5.32 Å². The Balaban J connectivity index is 2.24. The highest BCUT2D eigenvalue weighted by Gasteiger charge is 2.18. The molecule has 100 valence electrons. The second-order valence-corrected chi connectivity index (χ2v) is 5.26. The van der Waals surface area contributed by atoms with Crippen LogP contribution < -0.4 is 10.1 Å². The van der Waals surface area contributed by atoms with Gasteiger partial charge in [-0.3, -0.25) is 0 Å². The summed E-state index contributed by atoms with van der Waals surface area (Å²) in [5.41, 5.74) is 3.30. The third-order valence-corrected chi connectivity index (χ3v) is 3.97. The van der Waals surface area contributed by atoms with Gasteiger partial charge in [0.15, 0.2) is 11.5 Å². The summed E-state index contributed by atoms with van der Waals surface area (Å²) in [6, 6.07) is 2.11. The summed E-state index contributed by atoms with van der Waals surface area (Å²) < 4.78 is 5.32. The summed E-state index contributed by atoms with van der Waals surface area (Å²) in [6.07, 6.45) is 3.56. The lowest BCUT2D eigenvalue weighted by Gasteiger charge is -2.24. The van der Waals surface area contributed by atoms with Gasteiger partial charge in [-0.05, 0) is 68.8 Å². The van der Waals surface area contributed by atoms with Gasteiger partial charge in [0.05, 0.1) is 7.11 Å². The van der Waals surface area contributed by atoms with Gasteiger partial charge in [0.25, 0.3) is 0 Å². The second kappa shape index (κ2) is 5.61. The highest BCUT2D eigenvalue weighted by molar-refractivity contribution is 5.53. The zero-order valence-corrected chi connectivity index (χ0v) is 11.5. The van der Waals surface area contributed by atoms with Crippen LogP contribution >= 0.6 is 0 Å². The summed E-state index contributed by atoms with van der Waals surface area (Å²) in [5, 5.41) is 13.4. The summed E-state index contributed by atoms with van der Waals surface area (Å²) in [7, 11) is 1.62. The van der Waals surface area contributed by atoms with Crippen LogP contribution in [0.25, 0.3) is 0 Å². The number of piperidine rings is 1.